The maximum Gasteiger partial charge on any atom is 0.297 e. The average molecular weight is 472 g/mol. The van der Waals surface area contributed by atoms with Crippen molar-refractivity contribution in [2.24, 2.45) is 0 Å². The van der Waals surface area contributed by atoms with Crippen molar-refractivity contribution in [3.63, 3.8) is 0 Å². The van der Waals surface area contributed by atoms with Crippen LogP contribution in [0.25, 0.3) is 0 Å². The van der Waals surface area contributed by atoms with Crippen molar-refractivity contribution in [3.8, 4) is 0 Å². The maximum absolute atomic E-state index is 13.6. The van der Waals surface area contributed by atoms with Gasteiger partial charge in [0.2, 0.25) is 9.84 Å². The molecule has 2 aliphatic heterocycles. The normalized spacial score (nSPS) is 17.5. The monoisotopic (exact) mass is 471 g/mol. The molecule has 10 heteroatoms. The van der Waals surface area contributed by atoms with Gasteiger partial charge in [-0.25, -0.2) is 13.4 Å². The van der Waals surface area contributed by atoms with E-state index in [1.807, 2.05) is 0 Å². The standard InChI is InChI=1S/C22H18ClN3O5S/c23-17-12-14(24)5-7-19(17)26-18-8-6-15(32(28,29)20-4-1-2-9-25-20)13-16(18)22(21(26)27)30-10-3-11-31-22/h1-2,4-9,12-13H,3,10-11,24H2. The molecule has 164 valence electrons. The molecule has 1 spiro atoms. The van der Waals surface area contributed by atoms with Gasteiger partial charge in [0.1, 0.15) is 0 Å². The number of ether oxygens (including phenoxy) is 2. The third-order valence-electron chi connectivity index (χ3n) is 5.38. The Balaban J connectivity index is 1.71. The van der Waals surface area contributed by atoms with E-state index >= 15 is 0 Å². The summed E-state index contributed by atoms with van der Waals surface area (Å²) >= 11 is 6.39. The van der Waals surface area contributed by atoms with Crippen molar-refractivity contribution in [2.45, 2.75) is 22.1 Å². The van der Waals surface area contributed by atoms with Crippen LogP contribution in [0.1, 0.15) is 12.0 Å². The van der Waals surface area contributed by atoms with E-state index in [4.69, 9.17) is 26.8 Å². The number of hydrogen-bond acceptors (Lipinski definition) is 7. The minimum Gasteiger partial charge on any atom is -0.399 e. The highest BCUT2D eigenvalue weighted by molar-refractivity contribution is 7.91. The Morgan fingerprint density at radius 1 is 1.03 bits per heavy atom. The van der Waals surface area contributed by atoms with Crippen LogP contribution in [0.2, 0.25) is 5.02 Å². The molecule has 2 aromatic carbocycles. The fourth-order valence-corrected chi connectivity index (χ4v) is 5.39. The first-order valence-corrected chi connectivity index (χ1v) is 11.7. The van der Waals surface area contributed by atoms with Crippen LogP contribution in [0, 0.1) is 0 Å². The molecule has 0 bridgehead atoms. The zero-order chi connectivity index (χ0) is 22.5. The number of benzene rings is 2. The second-order valence-corrected chi connectivity index (χ2v) is 9.67. The molecule has 3 aromatic rings. The predicted molar refractivity (Wildman–Crippen MR) is 117 cm³/mol. The van der Waals surface area contributed by atoms with Crippen LogP contribution in [0.4, 0.5) is 17.1 Å². The molecule has 1 fully saturated rings. The number of nitrogen functional groups attached to an aromatic ring is 1. The highest BCUT2D eigenvalue weighted by Gasteiger charge is 2.56. The molecule has 0 radical (unpaired) electrons. The highest BCUT2D eigenvalue weighted by Crippen LogP contribution is 2.50. The molecule has 5 rings (SSSR count). The van der Waals surface area contributed by atoms with Crippen LogP contribution >= 0.6 is 11.6 Å². The molecule has 0 atom stereocenters. The zero-order valence-electron chi connectivity index (χ0n) is 16.7. The van der Waals surface area contributed by atoms with Crippen molar-refractivity contribution in [3.05, 3.63) is 71.4 Å². The number of amides is 1. The number of anilines is 3. The molecule has 1 aromatic heterocycles. The number of halogens is 1. The lowest BCUT2D eigenvalue weighted by Crippen LogP contribution is -2.46. The fourth-order valence-electron chi connectivity index (χ4n) is 3.89. The average Bonchev–Trinajstić information content (AvgIpc) is 3.02. The SMILES string of the molecule is Nc1ccc(N2C(=O)C3(OCCCO3)c3cc(S(=O)(=O)c4ccccn4)ccc32)c(Cl)c1. The molecule has 0 saturated carbocycles. The third-order valence-corrected chi connectivity index (χ3v) is 7.35. The van der Waals surface area contributed by atoms with Gasteiger partial charge in [-0.15, -0.1) is 0 Å². The number of rotatable bonds is 3. The lowest BCUT2D eigenvalue weighted by Gasteiger charge is -2.32. The second-order valence-electron chi connectivity index (χ2n) is 7.37. The molecular formula is C22H18ClN3O5S. The minimum atomic E-state index is -3.92. The van der Waals surface area contributed by atoms with E-state index in [9.17, 15) is 13.2 Å². The van der Waals surface area contributed by atoms with Crippen molar-refractivity contribution in [1.82, 2.24) is 4.98 Å². The molecule has 3 heterocycles. The Hall–Kier alpha value is -2.98. The Bertz CT molecular complexity index is 1320. The maximum atomic E-state index is 13.6. The van der Waals surface area contributed by atoms with Crippen molar-refractivity contribution >= 4 is 44.4 Å². The van der Waals surface area contributed by atoms with E-state index in [0.717, 1.165) is 0 Å². The number of hydrogen-bond donors (Lipinski definition) is 1. The van der Waals surface area contributed by atoms with Gasteiger partial charge in [-0.05, 0) is 55.0 Å². The van der Waals surface area contributed by atoms with Crippen molar-refractivity contribution < 1.29 is 22.7 Å². The van der Waals surface area contributed by atoms with Crippen LogP contribution < -0.4 is 10.6 Å². The molecule has 1 saturated heterocycles. The van der Waals surface area contributed by atoms with E-state index < -0.39 is 21.5 Å². The summed E-state index contributed by atoms with van der Waals surface area (Å²) in [4.78, 5) is 18.9. The fraction of sp³-hybridized carbons (Fsp3) is 0.182. The van der Waals surface area contributed by atoms with Gasteiger partial charge in [0.05, 0.1) is 34.5 Å². The van der Waals surface area contributed by atoms with Crippen LogP contribution in [0.15, 0.2) is 70.7 Å². The summed E-state index contributed by atoms with van der Waals surface area (Å²) < 4.78 is 38.0. The van der Waals surface area contributed by atoms with E-state index in [-0.39, 0.29) is 28.2 Å². The van der Waals surface area contributed by atoms with Gasteiger partial charge < -0.3 is 15.2 Å². The lowest BCUT2D eigenvalue weighted by molar-refractivity contribution is -0.256. The largest absolute Gasteiger partial charge is 0.399 e. The van der Waals surface area contributed by atoms with Gasteiger partial charge in [0, 0.05) is 17.4 Å². The molecule has 0 unspecified atom stereocenters. The van der Waals surface area contributed by atoms with Gasteiger partial charge in [-0.1, -0.05) is 17.7 Å². The first-order valence-electron chi connectivity index (χ1n) is 9.83. The number of carbonyl (C=O) groups excluding carboxylic acids is 1. The summed E-state index contributed by atoms with van der Waals surface area (Å²) in [5.41, 5.74) is 7.36. The number of nitrogens with zero attached hydrogens (tertiary/aromatic N) is 2. The molecule has 8 nitrogen and oxygen atoms in total. The first kappa shape index (κ1) is 20.9. The zero-order valence-corrected chi connectivity index (χ0v) is 18.3. The lowest BCUT2D eigenvalue weighted by atomic mass is 10.1. The number of carbonyl (C=O) groups is 1. The molecule has 2 aliphatic rings. The molecule has 0 aliphatic carbocycles. The van der Waals surface area contributed by atoms with E-state index in [1.54, 1.807) is 30.3 Å². The van der Waals surface area contributed by atoms with Crippen molar-refractivity contribution in [1.29, 1.82) is 0 Å². The Morgan fingerprint density at radius 2 is 1.78 bits per heavy atom. The van der Waals surface area contributed by atoms with E-state index in [0.29, 0.717) is 29.0 Å². The van der Waals surface area contributed by atoms with Gasteiger partial charge in [-0.2, -0.15) is 0 Å². The number of pyridine rings is 1. The van der Waals surface area contributed by atoms with Crippen LogP contribution in [0.3, 0.4) is 0 Å². The smallest absolute Gasteiger partial charge is 0.297 e. The predicted octanol–water partition coefficient (Wildman–Crippen LogP) is 3.42. The van der Waals surface area contributed by atoms with Crippen LogP contribution in [0.5, 0.6) is 0 Å². The van der Waals surface area contributed by atoms with Gasteiger partial charge in [-0.3, -0.25) is 9.69 Å². The summed E-state index contributed by atoms with van der Waals surface area (Å²) in [5, 5.41) is 0.171. The molecule has 2 N–H and O–H groups in total. The Kier molecular flexibility index (Phi) is 4.94. The molecule has 1 amide bonds. The number of aromatic nitrogens is 1. The summed E-state index contributed by atoms with van der Waals surface area (Å²) in [5.74, 6) is -2.26. The van der Waals surface area contributed by atoms with Crippen molar-refractivity contribution in [2.75, 3.05) is 23.8 Å². The third kappa shape index (κ3) is 3.08. The van der Waals surface area contributed by atoms with E-state index in [1.165, 1.54) is 35.4 Å². The number of nitrogens with two attached hydrogens (primary N) is 1. The Morgan fingerprint density at radius 3 is 2.47 bits per heavy atom. The topological polar surface area (TPSA) is 112 Å². The summed E-state index contributed by atoms with van der Waals surface area (Å²) in [6, 6.07) is 13.8. The van der Waals surface area contributed by atoms with Crippen LogP contribution in [-0.4, -0.2) is 32.5 Å². The summed E-state index contributed by atoms with van der Waals surface area (Å²) in [6.07, 6.45) is 2.02. The number of fused-ring (bicyclic) bond motifs is 2. The second kappa shape index (κ2) is 7.56. The minimum absolute atomic E-state index is 0.0230. The molecular weight excluding hydrogens is 454 g/mol. The Labute approximate surface area is 189 Å². The quantitative estimate of drug-likeness (QED) is 0.582. The number of sulfone groups is 1. The molecule has 32 heavy (non-hydrogen) atoms. The van der Waals surface area contributed by atoms with Gasteiger partial charge in [0.25, 0.3) is 11.7 Å². The summed E-state index contributed by atoms with van der Waals surface area (Å²) in [7, 11) is -3.92. The van der Waals surface area contributed by atoms with Gasteiger partial charge in [0.15, 0.2) is 5.03 Å². The first-order chi connectivity index (χ1) is 15.3. The van der Waals surface area contributed by atoms with Crippen LogP contribution in [-0.2, 0) is 29.9 Å². The summed E-state index contributed by atoms with van der Waals surface area (Å²) in [6.45, 7) is 0.567. The highest BCUT2D eigenvalue weighted by atomic mass is 35.5. The van der Waals surface area contributed by atoms with Gasteiger partial charge >= 0.3 is 0 Å². The van der Waals surface area contributed by atoms with E-state index in [2.05, 4.69) is 4.98 Å².